The molecule has 2 saturated carbocycles. The largest absolute Gasteiger partial charge is 0.339 e. The molecule has 6 heteroatoms. The molecule has 4 heterocycles. The summed E-state index contributed by atoms with van der Waals surface area (Å²) in [5.74, 6) is 1.64. The van der Waals surface area contributed by atoms with Gasteiger partial charge in [-0.15, -0.1) is 0 Å². The van der Waals surface area contributed by atoms with Crippen LogP contribution < -0.4 is 0 Å². The molecule has 3 unspecified atom stereocenters. The number of likely N-dealkylation sites (tertiary alicyclic amines) is 1. The van der Waals surface area contributed by atoms with Gasteiger partial charge in [0.1, 0.15) is 0 Å². The summed E-state index contributed by atoms with van der Waals surface area (Å²) >= 11 is 0. The Hall–Kier alpha value is -3.02. The van der Waals surface area contributed by atoms with Crippen LogP contribution in [-0.4, -0.2) is 45.1 Å². The number of fused-ring (bicyclic) bond motifs is 1. The first kappa shape index (κ1) is 21.5. The second kappa shape index (κ2) is 8.33. The van der Waals surface area contributed by atoms with Crippen LogP contribution in [0.2, 0.25) is 0 Å². The molecule has 5 aliphatic rings. The Balaban J connectivity index is 1.31. The molecule has 6 nitrogen and oxygen atoms in total. The molecule has 5 fully saturated rings. The average Bonchev–Trinajstić information content (AvgIpc) is 2.94. The summed E-state index contributed by atoms with van der Waals surface area (Å²) in [7, 11) is 0. The first-order valence-corrected chi connectivity index (χ1v) is 12.6. The average molecular weight is 458 g/mol. The van der Waals surface area contributed by atoms with Crippen LogP contribution in [0.3, 0.4) is 0 Å². The minimum absolute atomic E-state index is 0.0361. The van der Waals surface area contributed by atoms with E-state index in [2.05, 4.69) is 9.88 Å². The van der Waals surface area contributed by atoms with E-state index in [1.807, 2.05) is 42.5 Å². The Bertz CT molecular complexity index is 1090. The van der Waals surface area contributed by atoms with E-state index in [0.29, 0.717) is 5.92 Å². The molecule has 0 spiro atoms. The lowest BCUT2D eigenvalue weighted by Gasteiger charge is -2.39. The highest BCUT2D eigenvalue weighted by Gasteiger charge is 2.55. The predicted octanol–water partition coefficient (Wildman–Crippen LogP) is 3.71. The summed E-state index contributed by atoms with van der Waals surface area (Å²) in [6, 6.07) is 13.4. The van der Waals surface area contributed by atoms with Crippen LogP contribution in [0.5, 0.6) is 0 Å². The van der Waals surface area contributed by atoms with Crippen LogP contribution in [0.1, 0.15) is 56.1 Å². The van der Waals surface area contributed by atoms with Gasteiger partial charge in [-0.2, -0.15) is 0 Å². The van der Waals surface area contributed by atoms with Crippen LogP contribution in [0, 0.1) is 17.8 Å². The van der Waals surface area contributed by atoms with Gasteiger partial charge in [0.25, 0.3) is 0 Å². The third kappa shape index (κ3) is 3.64. The number of nitrogens with zero attached hydrogens (tertiary/aromatic N) is 3. The van der Waals surface area contributed by atoms with E-state index in [9.17, 15) is 14.4 Å². The van der Waals surface area contributed by atoms with Crippen molar-refractivity contribution >= 4 is 17.7 Å². The first-order chi connectivity index (χ1) is 16.5. The molecule has 3 saturated heterocycles. The molecule has 7 rings (SSSR count). The zero-order valence-electron chi connectivity index (χ0n) is 19.4. The molecule has 176 valence electrons. The number of carbonyl (C=O) groups excluding carboxylic acids is 3. The smallest absolute Gasteiger partial charge is 0.241 e. The minimum atomic E-state index is -1.13. The van der Waals surface area contributed by atoms with Gasteiger partial charge in [-0.3, -0.25) is 24.3 Å². The van der Waals surface area contributed by atoms with Gasteiger partial charge >= 0.3 is 0 Å². The number of hydrogen-bond acceptors (Lipinski definition) is 4. The molecule has 1 aromatic carbocycles. The number of pyridine rings is 1. The molecule has 3 aliphatic heterocycles. The van der Waals surface area contributed by atoms with Crippen LogP contribution in [0.4, 0.5) is 0 Å². The van der Waals surface area contributed by atoms with Crippen molar-refractivity contribution in [1.29, 1.82) is 0 Å². The summed E-state index contributed by atoms with van der Waals surface area (Å²) in [6.07, 6.45) is 9.41. The number of hydrogen-bond donors (Lipinski definition) is 0. The SMILES string of the molecule is O=C1CC(CC(=O)N2CC3CC4CC(C3)CC2C4)(c2ccccc2)C(=O)N1Cc1ccncc1. The first-order valence-electron chi connectivity index (χ1n) is 12.6. The third-order valence-corrected chi connectivity index (χ3v) is 8.70. The fourth-order valence-electron chi connectivity index (χ4n) is 7.30. The van der Waals surface area contributed by atoms with Crippen LogP contribution in [0.15, 0.2) is 54.9 Å². The molecule has 2 aromatic rings. The van der Waals surface area contributed by atoms with Gasteiger partial charge in [0.05, 0.1) is 12.0 Å². The minimum Gasteiger partial charge on any atom is -0.339 e. The maximum absolute atomic E-state index is 13.9. The normalized spacial score (nSPS) is 32.4. The van der Waals surface area contributed by atoms with E-state index in [4.69, 9.17) is 0 Å². The third-order valence-electron chi connectivity index (χ3n) is 8.70. The van der Waals surface area contributed by atoms with Crippen LogP contribution in [0.25, 0.3) is 0 Å². The van der Waals surface area contributed by atoms with Gasteiger partial charge in [0.15, 0.2) is 0 Å². The fraction of sp³-hybridized carbons (Fsp3) is 0.500. The highest BCUT2D eigenvalue weighted by atomic mass is 16.2. The van der Waals surface area contributed by atoms with E-state index < -0.39 is 5.41 Å². The standard InChI is InChI=1S/C28H31N3O3/c32-25(30-18-22-11-20-10-21(12-22)14-24(30)13-20)15-28(23-4-2-1-3-5-23)16-26(33)31(27(28)34)17-19-6-8-29-9-7-19/h1-9,20-22,24H,10-18H2. The Labute approximate surface area is 200 Å². The van der Waals surface area contributed by atoms with Gasteiger partial charge in [0, 0.05) is 37.8 Å². The number of carbonyl (C=O) groups is 3. The summed E-state index contributed by atoms with van der Waals surface area (Å²) < 4.78 is 0. The zero-order chi connectivity index (χ0) is 23.3. The molecule has 34 heavy (non-hydrogen) atoms. The van der Waals surface area contributed by atoms with E-state index >= 15 is 0 Å². The van der Waals surface area contributed by atoms with Crippen molar-refractivity contribution < 1.29 is 14.4 Å². The lowest BCUT2D eigenvalue weighted by molar-refractivity contribution is -0.144. The van der Waals surface area contributed by atoms with Crippen molar-refractivity contribution in [3.8, 4) is 0 Å². The second-order valence-corrected chi connectivity index (χ2v) is 10.9. The van der Waals surface area contributed by atoms with Crippen molar-refractivity contribution in [2.45, 2.75) is 62.9 Å². The summed E-state index contributed by atoms with van der Waals surface area (Å²) in [6.45, 7) is 1.02. The molecular formula is C28H31N3O3. The number of benzene rings is 1. The van der Waals surface area contributed by atoms with E-state index in [0.717, 1.165) is 42.3 Å². The molecule has 1 aromatic heterocycles. The van der Waals surface area contributed by atoms with Gasteiger partial charge in [-0.1, -0.05) is 30.3 Å². The summed E-state index contributed by atoms with van der Waals surface area (Å²) in [4.78, 5) is 48.5. The highest BCUT2D eigenvalue weighted by Crippen LogP contribution is 2.48. The van der Waals surface area contributed by atoms with Gasteiger partial charge in [-0.25, -0.2) is 0 Å². The molecule has 4 bridgehead atoms. The number of rotatable bonds is 5. The van der Waals surface area contributed by atoms with E-state index in [-0.39, 0.29) is 43.1 Å². The summed E-state index contributed by atoms with van der Waals surface area (Å²) in [5, 5.41) is 0. The topological polar surface area (TPSA) is 70.6 Å². The molecule has 3 amide bonds. The molecule has 0 radical (unpaired) electrons. The highest BCUT2D eigenvalue weighted by molar-refractivity contribution is 6.10. The number of amides is 3. The van der Waals surface area contributed by atoms with Gasteiger partial charge in [0.2, 0.25) is 17.7 Å². The predicted molar refractivity (Wildman–Crippen MR) is 126 cm³/mol. The lowest BCUT2D eigenvalue weighted by Crippen LogP contribution is -2.47. The quantitative estimate of drug-likeness (QED) is 0.642. The molecule has 2 aliphatic carbocycles. The Kier molecular flexibility index (Phi) is 5.27. The molecule has 3 atom stereocenters. The monoisotopic (exact) mass is 457 g/mol. The molecular weight excluding hydrogens is 426 g/mol. The van der Waals surface area contributed by atoms with Crippen LogP contribution in [-0.2, 0) is 26.3 Å². The maximum atomic E-state index is 13.9. The number of imide groups is 1. The maximum Gasteiger partial charge on any atom is 0.241 e. The lowest BCUT2D eigenvalue weighted by atomic mass is 9.68. The van der Waals surface area contributed by atoms with Gasteiger partial charge < -0.3 is 4.90 Å². The number of aromatic nitrogens is 1. The van der Waals surface area contributed by atoms with E-state index in [1.54, 1.807) is 12.4 Å². The Morgan fingerprint density at radius 2 is 1.59 bits per heavy atom. The second-order valence-electron chi connectivity index (χ2n) is 10.9. The van der Waals surface area contributed by atoms with Crippen molar-refractivity contribution in [3.63, 3.8) is 0 Å². The van der Waals surface area contributed by atoms with Crippen molar-refractivity contribution in [2.24, 2.45) is 17.8 Å². The van der Waals surface area contributed by atoms with Gasteiger partial charge in [-0.05, 0) is 73.1 Å². The van der Waals surface area contributed by atoms with Crippen molar-refractivity contribution in [3.05, 3.63) is 66.0 Å². The summed E-state index contributed by atoms with van der Waals surface area (Å²) in [5.41, 5.74) is 0.484. The Morgan fingerprint density at radius 1 is 0.912 bits per heavy atom. The Morgan fingerprint density at radius 3 is 2.29 bits per heavy atom. The zero-order valence-corrected chi connectivity index (χ0v) is 19.4. The van der Waals surface area contributed by atoms with Crippen molar-refractivity contribution in [2.75, 3.05) is 6.54 Å². The molecule has 0 N–H and O–H groups in total. The fourth-order valence-corrected chi connectivity index (χ4v) is 7.30. The van der Waals surface area contributed by atoms with E-state index in [1.165, 1.54) is 24.2 Å². The van der Waals surface area contributed by atoms with Crippen LogP contribution >= 0.6 is 0 Å². The van der Waals surface area contributed by atoms with Crippen molar-refractivity contribution in [1.82, 2.24) is 14.8 Å².